The highest BCUT2D eigenvalue weighted by atomic mass is 35.5. The van der Waals surface area contributed by atoms with Crippen LogP contribution in [-0.4, -0.2) is 42.3 Å². The number of hydrogen-bond acceptors (Lipinski definition) is 5. The minimum absolute atomic E-state index is 0.0869. The van der Waals surface area contributed by atoms with Gasteiger partial charge in [0.2, 0.25) is 0 Å². The maximum atomic E-state index is 11.9. The normalized spacial score (nSPS) is 11.4. The average molecular weight is 338 g/mol. The standard InChI is InChI=1S/C10H12ClN3O6S/c1-13(5-4-10(15)16)21(19,20)12-8-3-2-7(11)6-9(8)14(17)18/h2-3,6,12H,4-5H2,1H3,(H,15,16). The second kappa shape index (κ2) is 6.70. The molecule has 0 atom stereocenters. The van der Waals surface area contributed by atoms with E-state index in [0.29, 0.717) is 0 Å². The number of nitrogens with zero attached hydrogens (tertiary/aromatic N) is 2. The molecule has 11 heteroatoms. The Morgan fingerprint density at radius 1 is 1.52 bits per heavy atom. The second-order valence-corrected chi connectivity index (χ2v) is 6.20. The molecule has 0 radical (unpaired) electrons. The predicted molar refractivity (Wildman–Crippen MR) is 75.5 cm³/mol. The highest BCUT2D eigenvalue weighted by molar-refractivity contribution is 7.90. The van der Waals surface area contributed by atoms with Crippen LogP contribution in [0.5, 0.6) is 0 Å². The van der Waals surface area contributed by atoms with Gasteiger partial charge in [0.1, 0.15) is 5.69 Å². The number of anilines is 1. The van der Waals surface area contributed by atoms with Gasteiger partial charge in [0.05, 0.1) is 11.3 Å². The van der Waals surface area contributed by atoms with E-state index >= 15 is 0 Å². The van der Waals surface area contributed by atoms with Crippen LogP contribution >= 0.6 is 11.6 Å². The van der Waals surface area contributed by atoms with Crippen molar-refractivity contribution in [1.29, 1.82) is 0 Å². The summed E-state index contributed by atoms with van der Waals surface area (Å²) in [4.78, 5) is 20.5. The molecule has 9 nitrogen and oxygen atoms in total. The van der Waals surface area contributed by atoms with Crippen LogP contribution in [0.4, 0.5) is 11.4 Å². The first-order chi connectivity index (χ1) is 9.63. The molecule has 0 aliphatic heterocycles. The van der Waals surface area contributed by atoms with Crippen molar-refractivity contribution >= 4 is 39.2 Å². The number of halogens is 1. The van der Waals surface area contributed by atoms with E-state index in [1.54, 1.807) is 0 Å². The molecule has 116 valence electrons. The van der Waals surface area contributed by atoms with Gasteiger partial charge >= 0.3 is 16.2 Å². The molecule has 21 heavy (non-hydrogen) atoms. The summed E-state index contributed by atoms with van der Waals surface area (Å²) in [6, 6.07) is 3.46. The third-order valence-corrected chi connectivity index (χ3v) is 4.16. The topological polar surface area (TPSA) is 130 Å². The molecule has 1 rings (SSSR count). The summed E-state index contributed by atoms with van der Waals surface area (Å²) in [5.74, 6) is -1.16. The van der Waals surface area contributed by atoms with Gasteiger partial charge in [-0.05, 0) is 12.1 Å². The number of aliphatic carboxylic acids is 1. The van der Waals surface area contributed by atoms with Gasteiger partial charge in [-0.1, -0.05) is 11.6 Å². The molecule has 0 fully saturated rings. The first-order valence-electron chi connectivity index (χ1n) is 5.53. The van der Waals surface area contributed by atoms with Gasteiger partial charge < -0.3 is 5.11 Å². The molecule has 2 N–H and O–H groups in total. The van der Waals surface area contributed by atoms with E-state index in [0.717, 1.165) is 23.5 Å². The summed E-state index contributed by atoms with van der Waals surface area (Å²) in [6.07, 6.45) is -0.389. The lowest BCUT2D eigenvalue weighted by atomic mass is 10.3. The average Bonchev–Trinajstić information content (AvgIpc) is 2.37. The van der Waals surface area contributed by atoms with Crippen molar-refractivity contribution in [3.05, 3.63) is 33.3 Å². The molecule has 0 aliphatic carbocycles. The first-order valence-corrected chi connectivity index (χ1v) is 7.35. The number of nitrogens with one attached hydrogen (secondary N) is 1. The summed E-state index contributed by atoms with van der Waals surface area (Å²) >= 11 is 5.62. The van der Waals surface area contributed by atoms with Crippen molar-refractivity contribution in [3.8, 4) is 0 Å². The van der Waals surface area contributed by atoms with Crippen molar-refractivity contribution in [3.63, 3.8) is 0 Å². The SMILES string of the molecule is CN(CCC(=O)O)S(=O)(=O)Nc1ccc(Cl)cc1[N+](=O)[O-]. The molecule has 0 bridgehead atoms. The fourth-order valence-corrected chi connectivity index (χ4v) is 2.44. The zero-order valence-electron chi connectivity index (χ0n) is 10.8. The van der Waals surface area contributed by atoms with Gasteiger partial charge in [0, 0.05) is 24.7 Å². The van der Waals surface area contributed by atoms with E-state index in [9.17, 15) is 23.3 Å². The van der Waals surface area contributed by atoms with E-state index in [2.05, 4.69) is 0 Å². The number of nitro benzene ring substituents is 1. The minimum atomic E-state index is -4.11. The Morgan fingerprint density at radius 2 is 2.14 bits per heavy atom. The predicted octanol–water partition coefficient (Wildman–Crippen LogP) is 1.31. The molecule has 0 aromatic heterocycles. The Kier molecular flexibility index (Phi) is 5.47. The summed E-state index contributed by atoms with van der Waals surface area (Å²) < 4.78 is 26.7. The summed E-state index contributed by atoms with van der Waals surface area (Å²) in [5, 5.41) is 19.5. The van der Waals surface area contributed by atoms with Crippen molar-refractivity contribution in [2.45, 2.75) is 6.42 Å². The molecule has 1 aromatic carbocycles. The van der Waals surface area contributed by atoms with Crippen LogP contribution < -0.4 is 4.72 Å². The molecule has 0 unspecified atom stereocenters. The van der Waals surface area contributed by atoms with E-state index in [1.807, 2.05) is 4.72 Å². The lowest BCUT2D eigenvalue weighted by Gasteiger charge is -2.17. The van der Waals surface area contributed by atoms with E-state index in [1.165, 1.54) is 6.07 Å². The number of carbonyl (C=O) groups is 1. The van der Waals surface area contributed by atoms with Crippen molar-refractivity contribution in [2.24, 2.45) is 0 Å². The Labute approximate surface area is 125 Å². The number of carboxylic acids is 1. The van der Waals surface area contributed by atoms with Crippen molar-refractivity contribution in [1.82, 2.24) is 4.31 Å². The number of rotatable bonds is 7. The minimum Gasteiger partial charge on any atom is -0.481 e. The van der Waals surface area contributed by atoms with E-state index < -0.39 is 26.8 Å². The quantitative estimate of drug-likeness (QED) is 0.570. The molecule has 0 spiro atoms. The van der Waals surface area contributed by atoms with Crippen molar-refractivity contribution < 1.29 is 23.2 Å². The van der Waals surface area contributed by atoms with Gasteiger partial charge in [0.15, 0.2) is 0 Å². The first kappa shape index (κ1) is 17.1. The summed E-state index contributed by atoms with van der Waals surface area (Å²) in [5.41, 5.74) is -0.760. The smallest absolute Gasteiger partial charge is 0.304 e. The Bertz CT molecular complexity index is 663. The summed E-state index contributed by atoms with van der Waals surface area (Å²) in [6.45, 7) is -0.272. The molecular formula is C10H12ClN3O6S. The largest absolute Gasteiger partial charge is 0.481 e. The number of benzene rings is 1. The third kappa shape index (κ3) is 4.85. The molecule has 1 aromatic rings. The lowest BCUT2D eigenvalue weighted by molar-refractivity contribution is -0.383. The molecule has 0 saturated carbocycles. The number of hydrogen-bond donors (Lipinski definition) is 2. The maximum Gasteiger partial charge on any atom is 0.304 e. The zero-order valence-corrected chi connectivity index (χ0v) is 12.4. The van der Waals surface area contributed by atoms with Crippen LogP contribution in [0.15, 0.2) is 18.2 Å². The van der Waals surface area contributed by atoms with Crippen LogP contribution in [0.1, 0.15) is 6.42 Å². The monoisotopic (exact) mass is 337 g/mol. The zero-order chi connectivity index (χ0) is 16.2. The molecule has 0 saturated heterocycles. The van der Waals surface area contributed by atoms with Crippen LogP contribution in [-0.2, 0) is 15.0 Å². The lowest BCUT2D eigenvalue weighted by Crippen LogP contribution is -2.34. The van der Waals surface area contributed by atoms with E-state index in [4.69, 9.17) is 16.7 Å². The fraction of sp³-hybridized carbons (Fsp3) is 0.300. The number of nitro groups is 1. The van der Waals surface area contributed by atoms with Gasteiger partial charge in [-0.15, -0.1) is 0 Å². The molecule has 0 heterocycles. The summed E-state index contributed by atoms with van der Waals surface area (Å²) in [7, 11) is -2.95. The maximum absolute atomic E-state index is 11.9. The number of carboxylic acid groups (broad SMARTS) is 1. The van der Waals surface area contributed by atoms with Gasteiger partial charge in [-0.25, -0.2) is 0 Å². The van der Waals surface area contributed by atoms with E-state index in [-0.39, 0.29) is 23.7 Å². The van der Waals surface area contributed by atoms with Crippen LogP contribution in [0, 0.1) is 10.1 Å². The molecule has 0 aliphatic rings. The van der Waals surface area contributed by atoms with Gasteiger partial charge in [0.25, 0.3) is 5.69 Å². The Hall–Kier alpha value is -1.91. The molecule has 0 amide bonds. The third-order valence-electron chi connectivity index (χ3n) is 2.45. The van der Waals surface area contributed by atoms with Crippen LogP contribution in [0.25, 0.3) is 0 Å². The van der Waals surface area contributed by atoms with Gasteiger partial charge in [-0.2, -0.15) is 12.7 Å². The fourth-order valence-electron chi connectivity index (χ4n) is 1.33. The highest BCUT2D eigenvalue weighted by Gasteiger charge is 2.23. The van der Waals surface area contributed by atoms with Crippen LogP contribution in [0.3, 0.4) is 0 Å². The van der Waals surface area contributed by atoms with Gasteiger partial charge in [-0.3, -0.25) is 19.6 Å². The van der Waals surface area contributed by atoms with Crippen LogP contribution in [0.2, 0.25) is 5.02 Å². The molecular weight excluding hydrogens is 326 g/mol. The Balaban J connectivity index is 2.99. The Morgan fingerprint density at radius 3 is 2.67 bits per heavy atom. The second-order valence-electron chi connectivity index (χ2n) is 3.99. The highest BCUT2D eigenvalue weighted by Crippen LogP contribution is 2.28. The van der Waals surface area contributed by atoms with Crippen molar-refractivity contribution in [2.75, 3.05) is 18.3 Å².